The van der Waals surface area contributed by atoms with Crippen molar-refractivity contribution in [3.63, 3.8) is 0 Å². The van der Waals surface area contributed by atoms with Gasteiger partial charge in [-0.05, 0) is 39.7 Å². The predicted octanol–water partition coefficient (Wildman–Crippen LogP) is 4.32. The fourth-order valence-electron chi connectivity index (χ4n) is 1.45. The molecular formula is C12H3BrF9O2-. The van der Waals surface area contributed by atoms with Gasteiger partial charge in [-0.2, -0.15) is 39.5 Å². The standard InChI is InChI=1S/C12H4BrF9O2/c13-9-5(7(23)3-8(24)12(20,21)22)1-4(10(14,15)16)2-6(9)11(17,18)19/h1-3,23H/p-1/b7-3-. The lowest BCUT2D eigenvalue weighted by Crippen LogP contribution is -2.22. The van der Waals surface area contributed by atoms with Gasteiger partial charge in [0.25, 0.3) is 5.78 Å². The van der Waals surface area contributed by atoms with E-state index in [1.807, 2.05) is 0 Å². The van der Waals surface area contributed by atoms with Crippen LogP contribution in [0.3, 0.4) is 0 Å². The highest BCUT2D eigenvalue weighted by molar-refractivity contribution is 9.10. The van der Waals surface area contributed by atoms with E-state index in [-0.39, 0.29) is 12.1 Å². The SMILES string of the molecule is O=C(/C=C(\[O-])c1cc(C(F)(F)F)cc(C(F)(F)F)c1Br)C(F)(F)F. The third-order valence-corrected chi connectivity index (χ3v) is 3.37. The summed E-state index contributed by atoms with van der Waals surface area (Å²) in [5, 5.41) is 11.5. The zero-order valence-corrected chi connectivity index (χ0v) is 12.4. The van der Waals surface area contributed by atoms with Crippen LogP contribution in [0.2, 0.25) is 0 Å². The van der Waals surface area contributed by atoms with Crippen LogP contribution in [0.5, 0.6) is 0 Å². The number of hydrogen-bond acceptors (Lipinski definition) is 2. The predicted molar refractivity (Wildman–Crippen MR) is 63.2 cm³/mol. The largest absolute Gasteiger partial charge is 0.872 e. The minimum absolute atomic E-state index is 0.0815. The molecule has 24 heavy (non-hydrogen) atoms. The monoisotopic (exact) mass is 429 g/mol. The molecule has 0 heterocycles. The van der Waals surface area contributed by atoms with Crippen molar-refractivity contribution < 1.29 is 49.4 Å². The van der Waals surface area contributed by atoms with E-state index in [4.69, 9.17) is 0 Å². The summed E-state index contributed by atoms with van der Waals surface area (Å²) in [7, 11) is 0. The van der Waals surface area contributed by atoms with E-state index in [2.05, 4.69) is 15.9 Å². The van der Waals surface area contributed by atoms with Crippen LogP contribution >= 0.6 is 15.9 Å². The van der Waals surface area contributed by atoms with E-state index in [0.29, 0.717) is 0 Å². The summed E-state index contributed by atoms with van der Waals surface area (Å²) in [6.45, 7) is 0. The molecule has 0 saturated heterocycles. The number of hydrogen-bond donors (Lipinski definition) is 0. The van der Waals surface area contributed by atoms with Crippen LogP contribution in [-0.2, 0) is 17.1 Å². The number of rotatable bonds is 2. The zero-order valence-electron chi connectivity index (χ0n) is 10.8. The Labute approximate surface area is 135 Å². The van der Waals surface area contributed by atoms with E-state index in [1.54, 1.807) is 0 Å². The van der Waals surface area contributed by atoms with Gasteiger partial charge in [-0.3, -0.25) is 4.79 Å². The molecule has 0 aliphatic heterocycles. The van der Waals surface area contributed by atoms with Gasteiger partial charge in [-0.15, -0.1) is 0 Å². The fraction of sp³-hybridized carbons (Fsp3) is 0.250. The maximum atomic E-state index is 12.7. The highest BCUT2D eigenvalue weighted by Crippen LogP contribution is 2.42. The number of alkyl halides is 9. The molecular weight excluding hydrogens is 427 g/mol. The van der Waals surface area contributed by atoms with Crippen LogP contribution in [0.15, 0.2) is 22.7 Å². The van der Waals surface area contributed by atoms with Crippen LogP contribution in [0.1, 0.15) is 16.7 Å². The van der Waals surface area contributed by atoms with Gasteiger partial charge in [0.1, 0.15) is 0 Å². The Morgan fingerprint density at radius 2 is 1.46 bits per heavy atom. The van der Waals surface area contributed by atoms with Gasteiger partial charge in [0, 0.05) is 4.47 Å². The van der Waals surface area contributed by atoms with Gasteiger partial charge in [-0.1, -0.05) is 5.76 Å². The molecule has 0 aromatic heterocycles. The molecule has 0 unspecified atom stereocenters. The molecule has 0 aliphatic carbocycles. The van der Waals surface area contributed by atoms with Crippen molar-refractivity contribution in [1.82, 2.24) is 0 Å². The maximum Gasteiger partial charge on any atom is 0.454 e. The van der Waals surface area contributed by atoms with Crippen LogP contribution < -0.4 is 5.11 Å². The second kappa shape index (κ2) is 6.30. The van der Waals surface area contributed by atoms with E-state index >= 15 is 0 Å². The molecule has 0 N–H and O–H groups in total. The molecule has 1 aromatic rings. The molecule has 0 bridgehead atoms. The van der Waals surface area contributed by atoms with E-state index in [9.17, 15) is 49.4 Å². The minimum Gasteiger partial charge on any atom is -0.872 e. The molecule has 1 aromatic carbocycles. The third kappa shape index (κ3) is 4.65. The van der Waals surface area contributed by atoms with Crippen molar-refractivity contribution in [1.29, 1.82) is 0 Å². The van der Waals surface area contributed by atoms with Crippen molar-refractivity contribution in [3.8, 4) is 0 Å². The molecule has 0 radical (unpaired) electrons. The summed E-state index contributed by atoms with van der Waals surface area (Å²) >= 11 is 2.24. The first kappa shape index (κ1) is 20.3. The quantitative estimate of drug-likeness (QED) is 0.399. The zero-order chi connectivity index (χ0) is 19.1. The smallest absolute Gasteiger partial charge is 0.454 e. The average Bonchev–Trinajstić information content (AvgIpc) is 2.34. The lowest BCUT2D eigenvalue weighted by molar-refractivity contribution is -0.244. The summed E-state index contributed by atoms with van der Waals surface area (Å²) in [5.74, 6) is -4.67. The lowest BCUT2D eigenvalue weighted by atomic mass is 10.0. The first-order valence-corrected chi connectivity index (χ1v) is 6.32. The van der Waals surface area contributed by atoms with Gasteiger partial charge in [-0.25, -0.2) is 0 Å². The molecule has 0 aliphatic rings. The highest BCUT2D eigenvalue weighted by Gasteiger charge is 2.40. The third-order valence-electron chi connectivity index (χ3n) is 2.51. The van der Waals surface area contributed by atoms with Crippen LogP contribution in [0, 0.1) is 0 Å². The van der Waals surface area contributed by atoms with Crippen molar-refractivity contribution in [2.45, 2.75) is 18.5 Å². The summed E-state index contributed by atoms with van der Waals surface area (Å²) in [6, 6.07) is -0.395. The van der Waals surface area contributed by atoms with Gasteiger partial charge in [0.15, 0.2) is 0 Å². The highest BCUT2D eigenvalue weighted by atomic mass is 79.9. The number of carbonyl (C=O) groups is 1. The van der Waals surface area contributed by atoms with Crippen molar-refractivity contribution in [2.24, 2.45) is 0 Å². The van der Waals surface area contributed by atoms with Gasteiger partial charge < -0.3 is 5.11 Å². The number of benzene rings is 1. The Kier molecular flexibility index (Phi) is 5.33. The van der Waals surface area contributed by atoms with E-state index in [0.717, 1.165) is 0 Å². The Bertz CT molecular complexity index is 683. The fourth-order valence-corrected chi connectivity index (χ4v) is 2.10. The average molecular weight is 430 g/mol. The summed E-state index contributed by atoms with van der Waals surface area (Å²) in [4.78, 5) is 10.7. The van der Waals surface area contributed by atoms with Gasteiger partial charge >= 0.3 is 18.5 Å². The Hall–Kier alpha value is -1.72. The minimum atomic E-state index is -5.50. The van der Waals surface area contributed by atoms with Crippen LogP contribution in [0.25, 0.3) is 5.76 Å². The molecule has 0 amide bonds. The van der Waals surface area contributed by atoms with Crippen LogP contribution in [0.4, 0.5) is 39.5 Å². The Balaban J connectivity index is 3.64. The molecule has 2 nitrogen and oxygen atoms in total. The Morgan fingerprint density at radius 1 is 0.958 bits per heavy atom. The number of halogens is 10. The van der Waals surface area contributed by atoms with Crippen LogP contribution in [-0.4, -0.2) is 12.0 Å². The second-order valence-corrected chi connectivity index (χ2v) is 5.04. The Morgan fingerprint density at radius 3 is 1.83 bits per heavy atom. The van der Waals surface area contributed by atoms with Crippen molar-refractivity contribution >= 4 is 27.5 Å². The summed E-state index contributed by atoms with van der Waals surface area (Å²) < 4.78 is 111. The molecule has 0 fully saturated rings. The van der Waals surface area contributed by atoms with Gasteiger partial charge in [0.2, 0.25) is 0 Å². The molecule has 0 spiro atoms. The molecule has 0 atom stereocenters. The summed E-state index contributed by atoms with van der Waals surface area (Å²) in [6.07, 6.45) is -16.8. The van der Waals surface area contributed by atoms with E-state index < -0.39 is 57.3 Å². The van der Waals surface area contributed by atoms with Crippen molar-refractivity contribution in [3.05, 3.63) is 39.4 Å². The topological polar surface area (TPSA) is 40.1 Å². The number of carbonyl (C=O) groups excluding carboxylic acids is 1. The number of allylic oxidation sites excluding steroid dienone is 1. The normalized spacial score (nSPS) is 14.0. The lowest BCUT2D eigenvalue weighted by Gasteiger charge is -2.21. The number of ketones is 1. The molecule has 1 rings (SSSR count). The second-order valence-electron chi connectivity index (χ2n) is 4.25. The first-order valence-electron chi connectivity index (χ1n) is 5.53. The van der Waals surface area contributed by atoms with Gasteiger partial charge in [0.05, 0.1) is 11.1 Å². The maximum absolute atomic E-state index is 12.7. The first-order chi connectivity index (χ1) is 10.5. The van der Waals surface area contributed by atoms with E-state index in [1.165, 1.54) is 0 Å². The molecule has 0 saturated carbocycles. The van der Waals surface area contributed by atoms with Crippen molar-refractivity contribution in [2.75, 3.05) is 0 Å². The molecule has 12 heteroatoms. The summed E-state index contributed by atoms with van der Waals surface area (Å²) in [5.41, 5.74) is -5.21. The molecule has 134 valence electrons.